The van der Waals surface area contributed by atoms with E-state index in [2.05, 4.69) is 0 Å². The third kappa shape index (κ3) is 4.52. The minimum absolute atomic E-state index is 0.232. The molecule has 0 bridgehead atoms. The molecule has 0 aliphatic carbocycles. The first-order valence-electron chi connectivity index (χ1n) is 7.22. The summed E-state index contributed by atoms with van der Waals surface area (Å²) in [5.74, 6) is 1.28. The fourth-order valence-corrected chi connectivity index (χ4v) is 2.11. The molecule has 0 amide bonds. The maximum absolute atomic E-state index is 11.5. The number of carbonyl (C=O) groups is 1. The van der Waals surface area contributed by atoms with Crippen molar-refractivity contribution in [3.63, 3.8) is 0 Å². The van der Waals surface area contributed by atoms with Gasteiger partial charge in [-0.15, -0.1) is 0 Å². The summed E-state index contributed by atoms with van der Waals surface area (Å²) in [7, 11) is 1.64. The maximum Gasteiger partial charge on any atom is 0.310 e. The molecule has 2 rings (SSSR count). The van der Waals surface area contributed by atoms with Crippen molar-refractivity contribution in [1.82, 2.24) is 0 Å². The van der Waals surface area contributed by atoms with Gasteiger partial charge in [-0.05, 0) is 30.7 Å². The Bertz CT molecular complexity index is 622. The molecule has 0 heterocycles. The number of rotatable bonds is 7. The number of para-hydroxylation sites is 1. The van der Waals surface area contributed by atoms with E-state index in [-0.39, 0.29) is 12.4 Å². The lowest BCUT2D eigenvalue weighted by Crippen LogP contribution is -2.07. The van der Waals surface area contributed by atoms with Gasteiger partial charge in [0.05, 0.1) is 20.1 Å². The number of benzene rings is 2. The maximum atomic E-state index is 11.5. The van der Waals surface area contributed by atoms with Crippen LogP contribution < -0.4 is 9.47 Å². The van der Waals surface area contributed by atoms with E-state index < -0.39 is 0 Å². The quantitative estimate of drug-likeness (QED) is 0.735. The first kappa shape index (κ1) is 15.9. The van der Waals surface area contributed by atoms with Gasteiger partial charge in [0.25, 0.3) is 0 Å². The van der Waals surface area contributed by atoms with Crippen LogP contribution in [0.1, 0.15) is 18.1 Å². The second-order valence-electron chi connectivity index (χ2n) is 4.73. The molecule has 116 valence electrons. The number of hydrogen-bond donors (Lipinski definition) is 0. The average molecular weight is 300 g/mol. The van der Waals surface area contributed by atoms with Gasteiger partial charge in [-0.2, -0.15) is 0 Å². The second-order valence-corrected chi connectivity index (χ2v) is 4.73. The van der Waals surface area contributed by atoms with E-state index in [1.54, 1.807) is 14.0 Å². The largest absolute Gasteiger partial charge is 0.496 e. The van der Waals surface area contributed by atoms with Crippen molar-refractivity contribution in [2.24, 2.45) is 0 Å². The predicted octanol–water partition coefficient (Wildman–Crippen LogP) is 3.38. The topological polar surface area (TPSA) is 44.8 Å². The number of hydrogen-bond acceptors (Lipinski definition) is 4. The molecule has 0 spiro atoms. The van der Waals surface area contributed by atoms with E-state index in [9.17, 15) is 4.79 Å². The molecule has 0 atom stereocenters. The number of carbonyl (C=O) groups excluding carboxylic acids is 1. The van der Waals surface area contributed by atoms with Gasteiger partial charge in [-0.3, -0.25) is 4.79 Å². The van der Waals surface area contributed by atoms with Crippen LogP contribution in [-0.4, -0.2) is 19.7 Å². The van der Waals surface area contributed by atoms with Crippen molar-refractivity contribution in [2.75, 3.05) is 13.7 Å². The standard InChI is InChI=1S/C18H20O4/c1-3-21-18(19)12-14-7-6-9-16(11-14)22-13-15-8-4-5-10-17(15)20-2/h4-11H,3,12-13H2,1-2H3. The van der Waals surface area contributed by atoms with Crippen LogP contribution >= 0.6 is 0 Å². The van der Waals surface area contributed by atoms with Crippen LogP contribution in [0.3, 0.4) is 0 Å². The van der Waals surface area contributed by atoms with Gasteiger partial charge in [0, 0.05) is 5.56 Å². The first-order valence-corrected chi connectivity index (χ1v) is 7.22. The third-order valence-electron chi connectivity index (χ3n) is 3.14. The minimum Gasteiger partial charge on any atom is -0.496 e. The number of ether oxygens (including phenoxy) is 3. The van der Waals surface area contributed by atoms with E-state index in [0.29, 0.717) is 19.0 Å². The van der Waals surface area contributed by atoms with Crippen LogP contribution in [0, 0.1) is 0 Å². The highest BCUT2D eigenvalue weighted by Gasteiger charge is 2.06. The number of methoxy groups -OCH3 is 1. The van der Waals surface area contributed by atoms with Gasteiger partial charge < -0.3 is 14.2 Å². The normalized spacial score (nSPS) is 10.1. The van der Waals surface area contributed by atoms with Crippen molar-refractivity contribution in [3.05, 3.63) is 59.7 Å². The first-order chi connectivity index (χ1) is 10.7. The molecule has 0 unspecified atom stereocenters. The summed E-state index contributed by atoms with van der Waals surface area (Å²) in [5, 5.41) is 0. The average Bonchev–Trinajstić information content (AvgIpc) is 2.53. The van der Waals surface area contributed by atoms with Gasteiger partial charge in [-0.25, -0.2) is 0 Å². The van der Waals surface area contributed by atoms with Gasteiger partial charge >= 0.3 is 5.97 Å². The van der Waals surface area contributed by atoms with Gasteiger partial charge in [0.1, 0.15) is 18.1 Å². The van der Waals surface area contributed by atoms with E-state index >= 15 is 0 Å². The van der Waals surface area contributed by atoms with Gasteiger partial charge in [0.15, 0.2) is 0 Å². The molecule has 0 aromatic heterocycles. The molecule has 0 saturated carbocycles. The highest BCUT2D eigenvalue weighted by molar-refractivity contribution is 5.72. The third-order valence-corrected chi connectivity index (χ3v) is 3.14. The van der Waals surface area contributed by atoms with Crippen molar-refractivity contribution in [2.45, 2.75) is 20.0 Å². The summed E-state index contributed by atoms with van der Waals surface area (Å²) in [4.78, 5) is 11.5. The smallest absolute Gasteiger partial charge is 0.310 e. The monoisotopic (exact) mass is 300 g/mol. The Balaban J connectivity index is 2.00. The molecular formula is C18H20O4. The molecule has 0 aliphatic rings. The molecule has 0 aliphatic heterocycles. The summed E-state index contributed by atoms with van der Waals surface area (Å²) < 4.78 is 16.0. The molecule has 0 saturated heterocycles. The van der Waals surface area contributed by atoms with Crippen LogP contribution in [0.5, 0.6) is 11.5 Å². The number of esters is 1. The fraction of sp³-hybridized carbons (Fsp3) is 0.278. The lowest BCUT2D eigenvalue weighted by atomic mass is 10.1. The minimum atomic E-state index is -0.232. The highest BCUT2D eigenvalue weighted by atomic mass is 16.5. The summed E-state index contributed by atoms with van der Waals surface area (Å²) >= 11 is 0. The molecule has 4 heteroatoms. The Morgan fingerprint density at radius 1 is 1.09 bits per heavy atom. The molecule has 0 N–H and O–H groups in total. The van der Waals surface area contributed by atoms with Crippen molar-refractivity contribution < 1.29 is 19.0 Å². The van der Waals surface area contributed by atoms with Crippen LogP contribution in [0.2, 0.25) is 0 Å². The van der Waals surface area contributed by atoms with Crippen LogP contribution in [-0.2, 0) is 22.6 Å². The Kier molecular flexibility index (Phi) is 5.83. The Labute approximate surface area is 130 Å². The van der Waals surface area contributed by atoms with E-state index in [1.165, 1.54) is 0 Å². The van der Waals surface area contributed by atoms with E-state index in [0.717, 1.165) is 16.9 Å². The van der Waals surface area contributed by atoms with E-state index in [4.69, 9.17) is 14.2 Å². The van der Waals surface area contributed by atoms with E-state index in [1.807, 2.05) is 48.5 Å². The van der Waals surface area contributed by atoms with Gasteiger partial charge in [0.2, 0.25) is 0 Å². The molecule has 2 aromatic rings. The molecule has 22 heavy (non-hydrogen) atoms. The van der Waals surface area contributed by atoms with Crippen molar-refractivity contribution in [1.29, 1.82) is 0 Å². The Hall–Kier alpha value is -2.49. The molecule has 0 radical (unpaired) electrons. The summed E-state index contributed by atoms with van der Waals surface area (Å²) in [6, 6.07) is 15.2. The van der Waals surface area contributed by atoms with Gasteiger partial charge in [-0.1, -0.05) is 30.3 Å². The lowest BCUT2D eigenvalue weighted by Gasteiger charge is -2.11. The van der Waals surface area contributed by atoms with Crippen LogP contribution in [0.25, 0.3) is 0 Å². The summed E-state index contributed by atoms with van der Waals surface area (Å²) in [5.41, 5.74) is 1.84. The molecule has 0 fully saturated rings. The SMILES string of the molecule is CCOC(=O)Cc1cccc(OCc2ccccc2OC)c1. The molecular weight excluding hydrogens is 280 g/mol. The summed E-state index contributed by atoms with van der Waals surface area (Å²) in [6.07, 6.45) is 0.250. The van der Waals surface area contributed by atoms with Crippen LogP contribution in [0.15, 0.2) is 48.5 Å². The lowest BCUT2D eigenvalue weighted by molar-refractivity contribution is -0.142. The Morgan fingerprint density at radius 3 is 2.68 bits per heavy atom. The molecule has 4 nitrogen and oxygen atoms in total. The Morgan fingerprint density at radius 2 is 1.91 bits per heavy atom. The zero-order valence-electron chi connectivity index (χ0n) is 12.9. The van der Waals surface area contributed by atoms with Crippen molar-refractivity contribution >= 4 is 5.97 Å². The zero-order chi connectivity index (χ0) is 15.8. The van der Waals surface area contributed by atoms with Crippen LogP contribution in [0.4, 0.5) is 0 Å². The predicted molar refractivity (Wildman–Crippen MR) is 84.1 cm³/mol. The second kappa shape index (κ2) is 8.08. The fourth-order valence-electron chi connectivity index (χ4n) is 2.11. The van der Waals surface area contributed by atoms with Crippen molar-refractivity contribution in [3.8, 4) is 11.5 Å². The zero-order valence-corrected chi connectivity index (χ0v) is 12.9. The molecule has 2 aromatic carbocycles. The highest BCUT2D eigenvalue weighted by Crippen LogP contribution is 2.21. The summed E-state index contributed by atoms with van der Waals surface area (Å²) in [6.45, 7) is 2.60.